The predicted octanol–water partition coefficient (Wildman–Crippen LogP) is 4.21. The summed E-state index contributed by atoms with van der Waals surface area (Å²) in [6, 6.07) is 4.01. The summed E-state index contributed by atoms with van der Waals surface area (Å²) in [4.78, 5) is 10.8. The van der Waals surface area contributed by atoms with Gasteiger partial charge in [0.15, 0.2) is 0 Å². The first-order valence-corrected chi connectivity index (χ1v) is 5.56. The highest BCUT2D eigenvalue weighted by Crippen LogP contribution is 2.27. The quantitative estimate of drug-likeness (QED) is 0.764. The van der Waals surface area contributed by atoms with E-state index in [4.69, 9.17) is 0 Å². The fourth-order valence-electron chi connectivity index (χ4n) is 1.33. The van der Waals surface area contributed by atoms with E-state index in [0.717, 1.165) is 6.07 Å². The molecule has 94 valence electrons. The third kappa shape index (κ3) is 3.80. The van der Waals surface area contributed by atoms with Crippen LogP contribution in [0.3, 0.4) is 0 Å². The molecule has 6 heteroatoms. The number of hydrogen-bond acceptors (Lipinski definition) is 1. The molecule has 0 aliphatic carbocycles. The first-order chi connectivity index (χ1) is 7.71. The minimum Gasteiger partial charge on any atom is -0.290 e. The van der Waals surface area contributed by atoms with Crippen LogP contribution in [0.25, 0.3) is 0 Å². The van der Waals surface area contributed by atoms with Gasteiger partial charge in [0, 0.05) is 6.42 Å². The van der Waals surface area contributed by atoms with Crippen LogP contribution in [0.15, 0.2) is 22.7 Å². The highest BCUT2D eigenvalue weighted by atomic mass is 79.9. The number of carbonyl (C=O) groups excluding carboxylic acids is 1. The molecule has 0 fully saturated rings. The Balaban J connectivity index is 2.80. The molecule has 0 aliphatic rings. The zero-order valence-electron chi connectivity index (χ0n) is 8.81. The Morgan fingerprint density at radius 2 is 2.00 bits per heavy atom. The summed E-state index contributed by atoms with van der Waals surface area (Å²) in [5.41, 5.74) is 0.364. The summed E-state index contributed by atoms with van der Waals surface area (Å²) in [6.07, 6.45) is -5.51. The number of hydrogen-bond donors (Lipinski definition) is 0. The molecular formula is C11H9BrF4O. The third-order valence-corrected chi connectivity index (χ3v) is 2.96. The summed E-state index contributed by atoms with van der Waals surface area (Å²) in [5.74, 6) is -3.03. The van der Waals surface area contributed by atoms with Crippen molar-refractivity contribution in [1.82, 2.24) is 0 Å². The van der Waals surface area contributed by atoms with Gasteiger partial charge in [-0.15, -0.1) is 0 Å². The van der Waals surface area contributed by atoms with E-state index in [1.807, 2.05) is 0 Å². The lowest BCUT2D eigenvalue weighted by Gasteiger charge is -2.12. The lowest BCUT2D eigenvalue weighted by Crippen LogP contribution is -2.24. The van der Waals surface area contributed by atoms with Crippen molar-refractivity contribution in [2.45, 2.75) is 25.4 Å². The van der Waals surface area contributed by atoms with Crippen molar-refractivity contribution in [3.63, 3.8) is 0 Å². The lowest BCUT2D eigenvalue weighted by molar-refractivity contribution is -0.171. The Labute approximate surface area is 104 Å². The molecule has 1 aromatic carbocycles. The van der Waals surface area contributed by atoms with Crippen molar-refractivity contribution in [2.75, 3.05) is 0 Å². The van der Waals surface area contributed by atoms with Gasteiger partial charge in [0.1, 0.15) is 5.82 Å². The maximum Gasteiger partial charge on any atom is 0.449 e. The second kappa shape index (κ2) is 5.16. The number of carbonyl (C=O) groups is 1. The summed E-state index contributed by atoms with van der Waals surface area (Å²) in [6.45, 7) is 1.45. The average Bonchev–Trinajstić information content (AvgIpc) is 2.20. The van der Waals surface area contributed by atoms with Crippen molar-refractivity contribution in [2.24, 2.45) is 0 Å². The average molecular weight is 313 g/mol. The van der Waals surface area contributed by atoms with Gasteiger partial charge >= 0.3 is 6.18 Å². The van der Waals surface area contributed by atoms with Crippen LogP contribution >= 0.6 is 15.9 Å². The maximum atomic E-state index is 13.2. The SMILES string of the molecule is CC(CC(=O)C(F)(F)F)c1ccc(Br)c(F)c1. The van der Waals surface area contributed by atoms with E-state index >= 15 is 0 Å². The third-order valence-electron chi connectivity index (χ3n) is 2.32. The molecule has 0 amide bonds. The van der Waals surface area contributed by atoms with E-state index < -0.39 is 30.1 Å². The minimum absolute atomic E-state index is 0.232. The molecule has 0 N–H and O–H groups in total. The fourth-order valence-corrected chi connectivity index (χ4v) is 1.58. The van der Waals surface area contributed by atoms with E-state index in [1.54, 1.807) is 0 Å². The van der Waals surface area contributed by atoms with Crippen LogP contribution in [0.2, 0.25) is 0 Å². The predicted molar refractivity (Wildman–Crippen MR) is 58.2 cm³/mol. The Hall–Kier alpha value is -0.910. The van der Waals surface area contributed by atoms with E-state index in [-0.39, 0.29) is 4.47 Å². The number of halogens is 5. The zero-order valence-corrected chi connectivity index (χ0v) is 10.4. The van der Waals surface area contributed by atoms with Gasteiger partial charge in [-0.2, -0.15) is 13.2 Å². The van der Waals surface area contributed by atoms with Gasteiger partial charge in [-0.05, 0) is 39.5 Å². The highest BCUT2D eigenvalue weighted by Gasteiger charge is 2.38. The van der Waals surface area contributed by atoms with Gasteiger partial charge in [-0.1, -0.05) is 13.0 Å². The van der Waals surface area contributed by atoms with Crippen molar-refractivity contribution in [1.29, 1.82) is 0 Å². The molecular weight excluding hydrogens is 304 g/mol. The number of alkyl halides is 3. The van der Waals surface area contributed by atoms with E-state index in [9.17, 15) is 22.4 Å². The number of ketones is 1. The highest BCUT2D eigenvalue weighted by molar-refractivity contribution is 9.10. The number of rotatable bonds is 3. The van der Waals surface area contributed by atoms with Crippen molar-refractivity contribution < 1.29 is 22.4 Å². The maximum absolute atomic E-state index is 13.2. The van der Waals surface area contributed by atoms with Gasteiger partial charge < -0.3 is 0 Å². The molecule has 0 aromatic heterocycles. The molecule has 1 unspecified atom stereocenters. The number of benzene rings is 1. The van der Waals surface area contributed by atoms with E-state index in [2.05, 4.69) is 15.9 Å². The number of Topliss-reactive ketones (excluding diaryl/α,β-unsaturated/α-hetero) is 1. The minimum atomic E-state index is -4.83. The molecule has 0 radical (unpaired) electrons. The standard InChI is InChI=1S/C11H9BrF4O/c1-6(4-10(17)11(14,15)16)7-2-3-8(12)9(13)5-7/h2-3,5-6H,4H2,1H3. The van der Waals surface area contributed by atoms with Crippen LogP contribution in [0, 0.1) is 5.82 Å². The second-order valence-corrected chi connectivity index (χ2v) is 4.55. The molecule has 17 heavy (non-hydrogen) atoms. The summed E-state index contributed by atoms with van der Waals surface area (Å²) >= 11 is 2.94. The molecule has 1 atom stereocenters. The molecule has 1 rings (SSSR count). The second-order valence-electron chi connectivity index (χ2n) is 3.70. The lowest BCUT2D eigenvalue weighted by atomic mass is 9.95. The Bertz CT molecular complexity index is 428. The monoisotopic (exact) mass is 312 g/mol. The Kier molecular flexibility index (Phi) is 4.30. The molecule has 1 aromatic rings. The Morgan fingerprint density at radius 1 is 1.41 bits per heavy atom. The summed E-state index contributed by atoms with van der Waals surface area (Å²) < 4.78 is 49.5. The van der Waals surface area contributed by atoms with Crippen LogP contribution < -0.4 is 0 Å². The van der Waals surface area contributed by atoms with Gasteiger partial charge in [0.25, 0.3) is 0 Å². The first kappa shape index (κ1) is 14.2. The molecule has 0 spiro atoms. The zero-order chi connectivity index (χ0) is 13.2. The largest absolute Gasteiger partial charge is 0.449 e. The van der Waals surface area contributed by atoms with E-state index in [0.29, 0.717) is 5.56 Å². The van der Waals surface area contributed by atoms with Crippen LogP contribution in [0.5, 0.6) is 0 Å². The van der Waals surface area contributed by atoms with Gasteiger partial charge in [0.2, 0.25) is 5.78 Å². The summed E-state index contributed by atoms with van der Waals surface area (Å²) in [7, 11) is 0. The molecule has 0 bridgehead atoms. The van der Waals surface area contributed by atoms with Gasteiger partial charge in [0.05, 0.1) is 4.47 Å². The van der Waals surface area contributed by atoms with Crippen LogP contribution in [-0.2, 0) is 4.79 Å². The molecule has 1 nitrogen and oxygen atoms in total. The van der Waals surface area contributed by atoms with Crippen molar-refractivity contribution in [3.05, 3.63) is 34.1 Å². The van der Waals surface area contributed by atoms with Gasteiger partial charge in [-0.3, -0.25) is 4.79 Å². The molecule has 0 saturated carbocycles. The molecule has 0 heterocycles. The normalized spacial score (nSPS) is 13.5. The fraction of sp³-hybridized carbons (Fsp3) is 0.364. The van der Waals surface area contributed by atoms with Crippen LogP contribution in [0.4, 0.5) is 17.6 Å². The first-order valence-electron chi connectivity index (χ1n) is 4.76. The smallest absolute Gasteiger partial charge is 0.290 e. The van der Waals surface area contributed by atoms with Crippen molar-refractivity contribution >= 4 is 21.7 Å². The molecule has 0 aliphatic heterocycles. The summed E-state index contributed by atoms with van der Waals surface area (Å²) in [5, 5.41) is 0. The Morgan fingerprint density at radius 3 is 2.47 bits per heavy atom. The van der Waals surface area contributed by atoms with Gasteiger partial charge in [-0.25, -0.2) is 4.39 Å². The van der Waals surface area contributed by atoms with E-state index in [1.165, 1.54) is 19.1 Å². The van der Waals surface area contributed by atoms with Crippen molar-refractivity contribution in [3.8, 4) is 0 Å². The molecule has 0 saturated heterocycles. The van der Waals surface area contributed by atoms with Crippen LogP contribution in [-0.4, -0.2) is 12.0 Å². The van der Waals surface area contributed by atoms with Crippen LogP contribution in [0.1, 0.15) is 24.8 Å². The topological polar surface area (TPSA) is 17.1 Å².